The van der Waals surface area contributed by atoms with Crippen LogP contribution in [0, 0.1) is 12.7 Å². The highest BCUT2D eigenvalue weighted by Gasteiger charge is 2.46. The number of rotatable bonds is 4. The molecule has 33 heavy (non-hydrogen) atoms. The number of fused-ring (bicyclic) bond motifs is 2. The maximum Gasteiger partial charge on any atom is 0.259 e. The Kier molecular flexibility index (Phi) is 4.41. The molecule has 4 aromatic heterocycles. The van der Waals surface area contributed by atoms with Crippen LogP contribution in [0.1, 0.15) is 35.8 Å². The lowest BCUT2D eigenvalue weighted by Gasteiger charge is -2.35. The molecule has 0 unspecified atom stereocenters. The van der Waals surface area contributed by atoms with Gasteiger partial charge in [-0.25, -0.2) is 14.4 Å². The van der Waals surface area contributed by atoms with Crippen molar-refractivity contribution < 1.29 is 9.18 Å². The summed E-state index contributed by atoms with van der Waals surface area (Å²) in [5.74, 6) is -0.0205. The van der Waals surface area contributed by atoms with Crippen LogP contribution >= 0.6 is 0 Å². The average Bonchev–Trinajstić information content (AvgIpc) is 3.20. The summed E-state index contributed by atoms with van der Waals surface area (Å²) in [5.41, 5.74) is 2.43. The van der Waals surface area contributed by atoms with Gasteiger partial charge in [-0.2, -0.15) is 5.10 Å². The molecule has 1 amide bonds. The summed E-state index contributed by atoms with van der Waals surface area (Å²) in [7, 11) is 0. The Morgan fingerprint density at radius 3 is 2.94 bits per heavy atom. The standard InChI is InChI=1S/C23H25FN8O/c1-3-32-12-17-19(29-32)16(9-25-20(17)30-7-6-26-23(13-30)4-5-23)22(33)28-15-8-18(24)21-27-14(2)10-31(21)11-15/h8-12,26H,3-7,13H2,1-2H3,(H,28,33). The van der Waals surface area contributed by atoms with Gasteiger partial charge < -0.3 is 19.9 Å². The molecule has 0 bridgehead atoms. The third-order valence-corrected chi connectivity index (χ3v) is 6.56. The summed E-state index contributed by atoms with van der Waals surface area (Å²) in [4.78, 5) is 24.4. The number of aromatic nitrogens is 5. The Morgan fingerprint density at radius 2 is 2.15 bits per heavy atom. The van der Waals surface area contributed by atoms with Crippen molar-refractivity contribution in [2.75, 3.05) is 29.9 Å². The van der Waals surface area contributed by atoms with Gasteiger partial charge in [0.05, 0.1) is 22.3 Å². The molecule has 5 heterocycles. The Morgan fingerprint density at radius 1 is 1.30 bits per heavy atom. The number of piperazine rings is 1. The van der Waals surface area contributed by atoms with Gasteiger partial charge in [0, 0.05) is 62.6 Å². The van der Waals surface area contributed by atoms with Gasteiger partial charge in [0.1, 0.15) is 11.3 Å². The largest absolute Gasteiger partial charge is 0.353 e. The summed E-state index contributed by atoms with van der Waals surface area (Å²) in [6.45, 7) is 7.16. The fourth-order valence-corrected chi connectivity index (χ4v) is 4.69. The maximum absolute atomic E-state index is 14.5. The highest BCUT2D eigenvalue weighted by atomic mass is 19.1. The minimum absolute atomic E-state index is 0.206. The van der Waals surface area contributed by atoms with Crippen molar-refractivity contribution in [1.82, 2.24) is 29.5 Å². The summed E-state index contributed by atoms with van der Waals surface area (Å²) in [6.07, 6.45) is 9.26. The molecule has 10 heteroatoms. The van der Waals surface area contributed by atoms with E-state index in [9.17, 15) is 9.18 Å². The lowest BCUT2D eigenvalue weighted by molar-refractivity contribution is 0.102. The Hall–Kier alpha value is -3.53. The van der Waals surface area contributed by atoms with E-state index in [2.05, 4.69) is 25.6 Å². The molecule has 2 N–H and O–H groups in total. The number of nitrogens with one attached hydrogen (secondary N) is 2. The monoisotopic (exact) mass is 448 g/mol. The lowest BCUT2D eigenvalue weighted by atomic mass is 10.1. The zero-order valence-corrected chi connectivity index (χ0v) is 18.6. The van der Waals surface area contributed by atoms with Crippen molar-refractivity contribution in [2.24, 2.45) is 0 Å². The number of carbonyl (C=O) groups is 1. The molecule has 1 saturated carbocycles. The zero-order chi connectivity index (χ0) is 22.7. The number of aryl methyl sites for hydroxylation is 2. The quantitative estimate of drug-likeness (QED) is 0.499. The van der Waals surface area contributed by atoms with Gasteiger partial charge in [0.25, 0.3) is 5.91 Å². The smallest absolute Gasteiger partial charge is 0.259 e. The van der Waals surface area contributed by atoms with Gasteiger partial charge in [-0.3, -0.25) is 9.48 Å². The van der Waals surface area contributed by atoms with Crippen LogP contribution in [0.4, 0.5) is 15.9 Å². The maximum atomic E-state index is 14.5. The van der Waals surface area contributed by atoms with E-state index >= 15 is 0 Å². The number of nitrogens with zero attached hydrogens (tertiary/aromatic N) is 6. The van der Waals surface area contributed by atoms with E-state index in [1.165, 1.54) is 18.9 Å². The number of pyridine rings is 2. The van der Waals surface area contributed by atoms with Crippen LogP contribution in [-0.2, 0) is 6.54 Å². The molecular formula is C23H25FN8O. The van der Waals surface area contributed by atoms with Crippen molar-refractivity contribution >= 4 is 34.0 Å². The van der Waals surface area contributed by atoms with Crippen molar-refractivity contribution in [3.63, 3.8) is 0 Å². The number of halogens is 1. The van der Waals surface area contributed by atoms with Gasteiger partial charge in [0.2, 0.25) is 0 Å². The van der Waals surface area contributed by atoms with Crippen LogP contribution in [0.5, 0.6) is 0 Å². The van der Waals surface area contributed by atoms with E-state index in [0.29, 0.717) is 29.0 Å². The van der Waals surface area contributed by atoms with Gasteiger partial charge in [-0.1, -0.05) is 0 Å². The molecule has 1 aliphatic carbocycles. The molecule has 2 fully saturated rings. The predicted molar refractivity (Wildman–Crippen MR) is 123 cm³/mol. The van der Waals surface area contributed by atoms with E-state index in [1.54, 1.807) is 29.9 Å². The highest BCUT2D eigenvalue weighted by molar-refractivity contribution is 6.13. The number of amides is 1. The average molecular weight is 449 g/mol. The third kappa shape index (κ3) is 3.41. The van der Waals surface area contributed by atoms with E-state index in [0.717, 1.165) is 30.8 Å². The second-order valence-corrected chi connectivity index (χ2v) is 9.02. The number of hydrogen-bond donors (Lipinski definition) is 2. The minimum atomic E-state index is -0.498. The number of imidazole rings is 1. The number of hydrogen-bond acceptors (Lipinski definition) is 6. The van der Waals surface area contributed by atoms with E-state index in [1.807, 2.05) is 17.8 Å². The van der Waals surface area contributed by atoms with Crippen LogP contribution in [0.15, 0.2) is 30.9 Å². The highest BCUT2D eigenvalue weighted by Crippen LogP contribution is 2.39. The third-order valence-electron chi connectivity index (χ3n) is 6.56. The summed E-state index contributed by atoms with van der Waals surface area (Å²) >= 11 is 0. The Labute approximate surface area is 189 Å². The first kappa shape index (κ1) is 20.1. The molecule has 0 aromatic carbocycles. The van der Waals surface area contributed by atoms with Gasteiger partial charge in [-0.15, -0.1) is 0 Å². The molecule has 0 atom stereocenters. The molecule has 1 aliphatic heterocycles. The van der Waals surface area contributed by atoms with Crippen LogP contribution in [0.3, 0.4) is 0 Å². The summed E-state index contributed by atoms with van der Waals surface area (Å²) in [6, 6.07) is 1.28. The molecular weight excluding hydrogens is 423 g/mol. The second kappa shape index (κ2) is 7.24. The topological polar surface area (TPSA) is 92.4 Å². The zero-order valence-electron chi connectivity index (χ0n) is 18.6. The molecule has 1 spiro atoms. The van der Waals surface area contributed by atoms with Crippen LogP contribution < -0.4 is 15.5 Å². The molecule has 6 rings (SSSR count). The van der Waals surface area contributed by atoms with Crippen molar-refractivity contribution in [3.8, 4) is 0 Å². The van der Waals surface area contributed by atoms with Crippen LogP contribution in [0.2, 0.25) is 0 Å². The van der Waals surface area contributed by atoms with Gasteiger partial charge in [-0.05, 0) is 26.7 Å². The Balaban J connectivity index is 1.36. The molecule has 4 aromatic rings. The predicted octanol–water partition coefficient (Wildman–Crippen LogP) is 2.74. The SMILES string of the molecule is CCn1cc2c(N3CCNC4(CC4)C3)ncc(C(=O)Nc3cc(F)c4nc(C)cn4c3)c2n1. The van der Waals surface area contributed by atoms with Crippen LogP contribution in [-0.4, -0.2) is 55.2 Å². The molecule has 2 aliphatic rings. The molecule has 9 nitrogen and oxygen atoms in total. The summed E-state index contributed by atoms with van der Waals surface area (Å²) < 4.78 is 17.9. The molecule has 170 valence electrons. The van der Waals surface area contributed by atoms with E-state index in [-0.39, 0.29) is 17.1 Å². The minimum Gasteiger partial charge on any atom is -0.353 e. The fourth-order valence-electron chi connectivity index (χ4n) is 4.69. The van der Waals surface area contributed by atoms with Crippen LogP contribution in [0.25, 0.3) is 16.6 Å². The van der Waals surface area contributed by atoms with Gasteiger partial charge >= 0.3 is 0 Å². The summed E-state index contributed by atoms with van der Waals surface area (Å²) in [5, 5.41) is 11.9. The van der Waals surface area contributed by atoms with Crippen molar-refractivity contribution in [2.45, 2.75) is 38.8 Å². The number of anilines is 2. The first-order valence-corrected chi connectivity index (χ1v) is 11.3. The lowest BCUT2D eigenvalue weighted by Crippen LogP contribution is -2.52. The van der Waals surface area contributed by atoms with Gasteiger partial charge in [0.15, 0.2) is 11.5 Å². The van der Waals surface area contributed by atoms with E-state index < -0.39 is 5.82 Å². The number of carbonyl (C=O) groups excluding carboxylic acids is 1. The van der Waals surface area contributed by atoms with Crippen molar-refractivity contribution in [3.05, 3.63) is 47.9 Å². The van der Waals surface area contributed by atoms with E-state index in [4.69, 9.17) is 4.98 Å². The molecule has 1 saturated heterocycles. The first-order valence-electron chi connectivity index (χ1n) is 11.3. The normalized spacial score (nSPS) is 17.2. The first-order chi connectivity index (χ1) is 15.9. The second-order valence-electron chi connectivity index (χ2n) is 9.02. The van der Waals surface area contributed by atoms with Crippen molar-refractivity contribution in [1.29, 1.82) is 0 Å². The molecule has 0 radical (unpaired) electrons. The Bertz CT molecular complexity index is 1400. The fraction of sp³-hybridized carbons (Fsp3) is 0.391.